The van der Waals surface area contributed by atoms with Crippen LogP contribution in [0.2, 0.25) is 0 Å². The lowest BCUT2D eigenvalue weighted by Crippen LogP contribution is -2.14. The van der Waals surface area contributed by atoms with Crippen molar-refractivity contribution in [3.63, 3.8) is 0 Å². The summed E-state index contributed by atoms with van der Waals surface area (Å²) in [5, 5.41) is 10.0. The van der Waals surface area contributed by atoms with E-state index in [0.717, 1.165) is 16.8 Å². The Morgan fingerprint density at radius 3 is 2.64 bits per heavy atom. The van der Waals surface area contributed by atoms with Gasteiger partial charge < -0.3 is 5.32 Å². The molecular weight excluding hydrogens is 310 g/mol. The third kappa shape index (κ3) is 3.79. The molecule has 4 rings (SSSR count). The molecule has 4 heteroatoms. The van der Waals surface area contributed by atoms with Gasteiger partial charge in [0.05, 0.1) is 6.42 Å². The van der Waals surface area contributed by atoms with E-state index in [0.29, 0.717) is 18.2 Å². The van der Waals surface area contributed by atoms with Gasteiger partial charge in [-0.25, -0.2) is 0 Å². The van der Waals surface area contributed by atoms with Gasteiger partial charge in [-0.2, -0.15) is 5.10 Å². The first-order valence-electron chi connectivity index (χ1n) is 8.68. The van der Waals surface area contributed by atoms with Crippen LogP contribution in [0.1, 0.15) is 35.6 Å². The first kappa shape index (κ1) is 15.6. The first-order valence-corrected chi connectivity index (χ1v) is 8.68. The van der Waals surface area contributed by atoms with E-state index in [1.165, 1.54) is 24.0 Å². The summed E-state index contributed by atoms with van der Waals surface area (Å²) in [6.45, 7) is 2.09. The molecule has 0 bridgehead atoms. The standard InChI is InChI=1S/C21H21N3O/c1-14-3-2-4-18(11-14)16-7-5-15(6-8-16)12-21(25)22-20-13-19(23-24-20)17-9-10-17/h2-8,11,13,17H,9-10,12H2,1H3,(H2,22,23,24,25). The van der Waals surface area contributed by atoms with Crippen LogP contribution in [0.4, 0.5) is 5.82 Å². The number of H-pyrrole nitrogens is 1. The minimum atomic E-state index is -0.0443. The summed E-state index contributed by atoms with van der Waals surface area (Å²) in [6.07, 6.45) is 2.77. The van der Waals surface area contributed by atoms with Gasteiger partial charge >= 0.3 is 0 Å². The van der Waals surface area contributed by atoms with Crippen LogP contribution >= 0.6 is 0 Å². The SMILES string of the molecule is Cc1cccc(-c2ccc(CC(=O)Nc3cc(C4CC4)[nH]n3)cc2)c1. The Labute approximate surface area is 147 Å². The lowest BCUT2D eigenvalue weighted by molar-refractivity contribution is -0.115. The van der Waals surface area contributed by atoms with Crippen LogP contribution in [-0.4, -0.2) is 16.1 Å². The third-order valence-corrected chi connectivity index (χ3v) is 4.55. The number of amides is 1. The Morgan fingerprint density at radius 1 is 1.12 bits per heavy atom. The summed E-state index contributed by atoms with van der Waals surface area (Å²) in [7, 11) is 0. The van der Waals surface area contributed by atoms with Gasteiger partial charge in [-0.1, -0.05) is 54.1 Å². The van der Waals surface area contributed by atoms with Gasteiger partial charge in [0.2, 0.25) is 5.91 Å². The molecule has 0 unspecified atom stereocenters. The van der Waals surface area contributed by atoms with E-state index in [1.54, 1.807) is 0 Å². The number of nitrogens with zero attached hydrogens (tertiary/aromatic N) is 1. The van der Waals surface area contributed by atoms with Gasteiger partial charge in [0.25, 0.3) is 0 Å². The molecule has 1 fully saturated rings. The Bertz CT molecular complexity index is 892. The van der Waals surface area contributed by atoms with Crippen LogP contribution in [0.25, 0.3) is 11.1 Å². The first-order chi connectivity index (χ1) is 12.2. The van der Waals surface area contributed by atoms with Crippen molar-refractivity contribution < 1.29 is 4.79 Å². The topological polar surface area (TPSA) is 57.8 Å². The van der Waals surface area contributed by atoms with E-state index in [-0.39, 0.29) is 5.91 Å². The van der Waals surface area contributed by atoms with E-state index in [1.807, 2.05) is 18.2 Å². The zero-order chi connectivity index (χ0) is 17.2. The highest BCUT2D eigenvalue weighted by Gasteiger charge is 2.25. The average molecular weight is 331 g/mol. The minimum Gasteiger partial charge on any atom is -0.309 e. The van der Waals surface area contributed by atoms with Gasteiger partial charge in [0.1, 0.15) is 0 Å². The normalized spacial score (nSPS) is 13.6. The molecule has 2 aromatic carbocycles. The highest BCUT2D eigenvalue weighted by molar-refractivity contribution is 5.91. The Balaban J connectivity index is 1.39. The Morgan fingerprint density at radius 2 is 1.92 bits per heavy atom. The number of rotatable bonds is 5. The molecule has 0 atom stereocenters. The zero-order valence-electron chi connectivity index (χ0n) is 14.3. The van der Waals surface area contributed by atoms with Gasteiger partial charge in [-0.05, 0) is 36.5 Å². The highest BCUT2D eigenvalue weighted by Crippen LogP contribution is 2.39. The van der Waals surface area contributed by atoms with Gasteiger partial charge in [-0.3, -0.25) is 9.89 Å². The maximum Gasteiger partial charge on any atom is 0.229 e. The summed E-state index contributed by atoms with van der Waals surface area (Å²) in [5.74, 6) is 1.17. The molecule has 1 aromatic heterocycles. The number of nitrogens with one attached hydrogen (secondary N) is 2. The second-order valence-corrected chi connectivity index (χ2v) is 6.77. The molecule has 25 heavy (non-hydrogen) atoms. The van der Waals surface area contributed by atoms with E-state index < -0.39 is 0 Å². The molecule has 1 saturated carbocycles. The quantitative estimate of drug-likeness (QED) is 0.726. The van der Waals surface area contributed by atoms with Crippen molar-refractivity contribution in [1.29, 1.82) is 0 Å². The van der Waals surface area contributed by atoms with Crippen molar-refractivity contribution in [2.24, 2.45) is 0 Å². The fourth-order valence-electron chi connectivity index (χ4n) is 3.02. The number of carbonyl (C=O) groups is 1. The summed E-state index contributed by atoms with van der Waals surface area (Å²) in [4.78, 5) is 12.2. The smallest absolute Gasteiger partial charge is 0.229 e. The maximum absolute atomic E-state index is 12.2. The van der Waals surface area contributed by atoms with Crippen molar-refractivity contribution >= 4 is 11.7 Å². The fourth-order valence-corrected chi connectivity index (χ4v) is 3.02. The highest BCUT2D eigenvalue weighted by atomic mass is 16.1. The molecule has 4 nitrogen and oxygen atoms in total. The maximum atomic E-state index is 12.2. The predicted molar refractivity (Wildman–Crippen MR) is 99.5 cm³/mol. The molecule has 1 amide bonds. The van der Waals surface area contributed by atoms with Crippen LogP contribution in [-0.2, 0) is 11.2 Å². The minimum absolute atomic E-state index is 0.0443. The predicted octanol–water partition coefficient (Wildman–Crippen LogP) is 4.44. The van der Waals surface area contributed by atoms with Crippen molar-refractivity contribution in [3.05, 3.63) is 71.4 Å². The Kier molecular flexibility index (Phi) is 4.10. The van der Waals surface area contributed by atoms with Gasteiger partial charge in [-0.15, -0.1) is 0 Å². The zero-order valence-corrected chi connectivity index (χ0v) is 14.3. The summed E-state index contributed by atoms with van der Waals surface area (Å²) in [5.41, 5.74) is 5.71. The van der Waals surface area contributed by atoms with Gasteiger partial charge in [0.15, 0.2) is 5.82 Å². The second-order valence-electron chi connectivity index (χ2n) is 6.77. The van der Waals surface area contributed by atoms with E-state index in [4.69, 9.17) is 0 Å². The van der Waals surface area contributed by atoms with Crippen LogP contribution in [0.15, 0.2) is 54.6 Å². The monoisotopic (exact) mass is 331 g/mol. The number of benzene rings is 2. The second kappa shape index (κ2) is 6.55. The molecule has 0 radical (unpaired) electrons. The van der Waals surface area contributed by atoms with E-state index in [9.17, 15) is 4.79 Å². The number of aromatic amines is 1. The Hall–Kier alpha value is -2.88. The molecule has 0 saturated heterocycles. The van der Waals surface area contributed by atoms with Crippen LogP contribution < -0.4 is 5.32 Å². The molecule has 1 heterocycles. The van der Waals surface area contributed by atoms with Gasteiger partial charge in [0, 0.05) is 17.7 Å². The van der Waals surface area contributed by atoms with Crippen molar-refractivity contribution in [1.82, 2.24) is 10.2 Å². The molecular formula is C21H21N3O. The molecule has 0 spiro atoms. The van der Waals surface area contributed by atoms with Crippen LogP contribution in [0, 0.1) is 6.92 Å². The lowest BCUT2D eigenvalue weighted by atomic mass is 10.0. The van der Waals surface area contributed by atoms with Crippen molar-refractivity contribution in [2.75, 3.05) is 5.32 Å². The number of hydrogen-bond donors (Lipinski definition) is 2. The number of aromatic nitrogens is 2. The molecule has 1 aliphatic carbocycles. The van der Waals surface area contributed by atoms with Crippen molar-refractivity contribution in [3.8, 4) is 11.1 Å². The summed E-state index contributed by atoms with van der Waals surface area (Å²) in [6, 6.07) is 18.5. The van der Waals surface area contributed by atoms with Crippen LogP contribution in [0.5, 0.6) is 0 Å². The van der Waals surface area contributed by atoms with Crippen LogP contribution in [0.3, 0.4) is 0 Å². The average Bonchev–Trinajstić information content (AvgIpc) is 3.35. The number of anilines is 1. The number of hydrogen-bond acceptors (Lipinski definition) is 2. The van der Waals surface area contributed by atoms with E-state index >= 15 is 0 Å². The fraction of sp³-hybridized carbons (Fsp3) is 0.238. The third-order valence-electron chi connectivity index (χ3n) is 4.55. The summed E-state index contributed by atoms with van der Waals surface area (Å²) < 4.78 is 0. The molecule has 2 N–H and O–H groups in total. The molecule has 3 aromatic rings. The molecule has 1 aliphatic rings. The number of aryl methyl sites for hydroxylation is 1. The van der Waals surface area contributed by atoms with Crippen molar-refractivity contribution in [2.45, 2.75) is 32.1 Å². The summed E-state index contributed by atoms with van der Waals surface area (Å²) >= 11 is 0. The largest absolute Gasteiger partial charge is 0.309 e. The number of carbonyl (C=O) groups excluding carboxylic acids is 1. The molecule has 0 aliphatic heterocycles. The molecule has 126 valence electrons. The lowest BCUT2D eigenvalue weighted by Gasteiger charge is -2.06. The van der Waals surface area contributed by atoms with E-state index in [2.05, 4.69) is 58.8 Å².